The third kappa shape index (κ3) is 3.34. The molecule has 29 heavy (non-hydrogen) atoms. The van der Waals surface area contributed by atoms with Crippen LogP contribution in [-0.2, 0) is 16.1 Å². The third-order valence-corrected chi connectivity index (χ3v) is 4.71. The van der Waals surface area contributed by atoms with E-state index in [0.717, 1.165) is 27.6 Å². The molecule has 0 fully saturated rings. The highest BCUT2D eigenvalue weighted by Gasteiger charge is 2.23. The van der Waals surface area contributed by atoms with Gasteiger partial charge in [0.1, 0.15) is 0 Å². The number of nitrogens with zero attached hydrogens (tertiary/aromatic N) is 4. The Balaban J connectivity index is 1.97. The molecule has 0 spiro atoms. The largest absolute Gasteiger partial charge is 0.458 e. The molecule has 2 aromatic heterocycles. The van der Waals surface area contributed by atoms with Gasteiger partial charge in [-0.15, -0.1) is 10.2 Å². The molecule has 0 aliphatic heterocycles. The van der Waals surface area contributed by atoms with Crippen molar-refractivity contribution in [3.63, 3.8) is 0 Å². The smallest absolute Gasteiger partial charge is 0.361 e. The minimum absolute atomic E-state index is 0.155. The molecule has 7 heteroatoms. The van der Waals surface area contributed by atoms with Gasteiger partial charge in [0.2, 0.25) is 0 Å². The van der Waals surface area contributed by atoms with E-state index in [-0.39, 0.29) is 11.8 Å². The first-order valence-electron chi connectivity index (χ1n) is 9.44. The van der Waals surface area contributed by atoms with E-state index in [9.17, 15) is 4.79 Å². The zero-order chi connectivity index (χ0) is 20.5. The molecular weight excluding hydrogens is 368 g/mol. The van der Waals surface area contributed by atoms with Crippen molar-refractivity contribution < 1.29 is 14.3 Å². The van der Waals surface area contributed by atoms with E-state index >= 15 is 0 Å². The highest BCUT2D eigenvalue weighted by atomic mass is 16.5. The van der Waals surface area contributed by atoms with E-state index in [1.54, 1.807) is 32.4 Å². The van der Waals surface area contributed by atoms with Crippen LogP contribution in [0.2, 0.25) is 0 Å². The van der Waals surface area contributed by atoms with E-state index in [4.69, 9.17) is 9.47 Å². The summed E-state index contributed by atoms with van der Waals surface area (Å²) < 4.78 is 12.3. The lowest BCUT2D eigenvalue weighted by Gasteiger charge is -2.10. The molecule has 0 aliphatic carbocycles. The monoisotopic (exact) mass is 390 g/mol. The van der Waals surface area contributed by atoms with Gasteiger partial charge in [-0.05, 0) is 37.1 Å². The Morgan fingerprint density at radius 3 is 2.62 bits per heavy atom. The normalized spacial score (nSPS) is 11.5. The quantitative estimate of drug-likeness (QED) is 0.480. The Kier molecular flexibility index (Phi) is 4.98. The topological polar surface area (TPSA) is 78.6 Å². The summed E-state index contributed by atoms with van der Waals surface area (Å²) in [7, 11) is 1.63. The Hall–Kier alpha value is -3.32. The number of aryl methyl sites for hydroxylation is 1. The molecule has 0 bridgehead atoms. The lowest BCUT2D eigenvalue weighted by Crippen LogP contribution is -2.17. The molecule has 4 aromatic rings. The number of carbonyl (C=O) groups excluding carboxylic acids is 1. The van der Waals surface area contributed by atoms with Gasteiger partial charge >= 0.3 is 5.97 Å². The van der Waals surface area contributed by atoms with Crippen molar-refractivity contribution in [3.8, 4) is 11.1 Å². The number of methoxy groups -OCH3 is 1. The highest BCUT2D eigenvalue weighted by Crippen LogP contribution is 2.34. The number of fused-ring (bicyclic) bond motifs is 2. The average molecular weight is 390 g/mol. The second-order valence-electron chi connectivity index (χ2n) is 7.10. The number of hydrogen-bond donors (Lipinski definition) is 0. The Morgan fingerprint density at radius 2 is 1.86 bits per heavy atom. The van der Waals surface area contributed by atoms with Crippen molar-refractivity contribution in [1.29, 1.82) is 0 Å². The van der Waals surface area contributed by atoms with Gasteiger partial charge in [-0.3, -0.25) is 0 Å². The van der Waals surface area contributed by atoms with Crippen LogP contribution in [0.5, 0.6) is 0 Å². The number of aromatic nitrogens is 4. The van der Waals surface area contributed by atoms with Crippen LogP contribution in [0.25, 0.3) is 27.5 Å². The fourth-order valence-electron chi connectivity index (χ4n) is 3.46. The molecule has 2 heterocycles. The second kappa shape index (κ2) is 7.60. The summed E-state index contributed by atoms with van der Waals surface area (Å²) in [5, 5.41) is 15.4. The zero-order valence-corrected chi connectivity index (χ0v) is 16.8. The average Bonchev–Trinajstić information content (AvgIpc) is 3.06. The van der Waals surface area contributed by atoms with Crippen LogP contribution >= 0.6 is 0 Å². The maximum atomic E-state index is 12.4. The van der Waals surface area contributed by atoms with Crippen LogP contribution in [0.1, 0.15) is 35.7 Å². The number of carbonyl (C=O) groups is 1. The maximum Gasteiger partial charge on any atom is 0.361 e. The molecule has 0 atom stereocenters. The molecular formula is C22H22N4O3. The summed E-state index contributed by atoms with van der Waals surface area (Å²) in [5.74, 6) is -0.512. The zero-order valence-electron chi connectivity index (χ0n) is 16.8. The highest BCUT2D eigenvalue weighted by molar-refractivity contribution is 6.00. The number of ether oxygens (including phenoxy) is 2. The molecule has 2 aromatic carbocycles. The third-order valence-electron chi connectivity index (χ3n) is 4.71. The molecule has 0 N–H and O–H groups in total. The van der Waals surface area contributed by atoms with Gasteiger partial charge in [-0.2, -0.15) is 5.10 Å². The fourth-order valence-corrected chi connectivity index (χ4v) is 3.46. The van der Waals surface area contributed by atoms with E-state index in [1.165, 1.54) is 0 Å². The molecule has 0 saturated carbocycles. The van der Waals surface area contributed by atoms with E-state index in [0.29, 0.717) is 17.9 Å². The first-order chi connectivity index (χ1) is 14.0. The Labute approximate surface area is 168 Å². The van der Waals surface area contributed by atoms with Crippen molar-refractivity contribution in [2.24, 2.45) is 0 Å². The van der Waals surface area contributed by atoms with Crippen molar-refractivity contribution in [3.05, 3.63) is 59.5 Å². The van der Waals surface area contributed by atoms with Crippen LogP contribution < -0.4 is 0 Å². The summed E-state index contributed by atoms with van der Waals surface area (Å²) in [6, 6.07) is 14.3. The SMILES string of the molecule is COCc1nn2c(C)c(C(=O)OC(C)C)nnc2c1-c1cccc2ccccc12. The van der Waals surface area contributed by atoms with Crippen LogP contribution in [0.15, 0.2) is 42.5 Å². The minimum Gasteiger partial charge on any atom is -0.458 e. The van der Waals surface area contributed by atoms with E-state index < -0.39 is 5.97 Å². The standard InChI is InChI=1S/C22H22N4O3/c1-13(2)29-22(27)20-14(3)26-21(24-23-20)19(18(25-26)12-28-4)17-11-7-9-15-8-5-6-10-16(15)17/h5-11,13H,12H2,1-4H3. The first kappa shape index (κ1) is 19.0. The molecule has 0 radical (unpaired) electrons. The minimum atomic E-state index is -0.512. The summed E-state index contributed by atoms with van der Waals surface area (Å²) >= 11 is 0. The van der Waals surface area contributed by atoms with E-state index in [1.807, 2.05) is 24.3 Å². The molecule has 4 rings (SSSR count). The predicted molar refractivity (Wildman–Crippen MR) is 110 cm³/mol. The van der Waals surface area contributed by atoms with Crippen LogP contribution in [-0.4, -0.2) is 39.0 Å². The Bertz CT molecular complexity index is 1210. The predicted octanol–water partition coefficient (Wildman–Crippen LogP) is 3.96. The molecule has 0 saturated heterocycles. The fraction of sp³-hybridized carbons (Fsp3) is 0.273. The van der Waals surface area contributed by atoms with Gasteiger partial charge in [-0.1, -0.05) is 42.5 Å². The number of benzene rings is 2. The molecule has 0 aliphatic rings. The number of rotatable bonds is 5. The number of hydrogen-bond acceptors (Lipinski definition) is 6. The van der Waals surface area contributed by atoms with Gasteiger partial charge in [0.25, 0.3) is 0 Å². The summed E-state index contributed by atoms with van der Waals surface area (Å²) in [6.07, 6.45) is -0.243. The Morgan fingerprint density at radius 1 is 1.10 bits per heavy atom. The second-order valence-corrected chi connectivity index (χ2v) is 7.10. The summed E-state index contributed by atoms with van der Waals surface area (Å²) in [5.41, 5.74) is 3.88. The lowest BCUT2D eigenvalue weighted by atomic mass is 9.98. The van der Waals surface area contributed by atoms with Gasteiger partial charge < -0.3 is 9.47 Å². The summed E-state index contributed by atoms with van der Waals surface area (Å²) in [4.78, 5) is 12.4. The van der Waals surface area contributed by atoms with Gasteiger partial charge in [0.15, 0.2) is 11.3 Å². The summed E-state index contributed by atoms with van der Waals surface area (Å²) in [6.45, 7) is 5.69. The van der Waals surface area contributed by atoms with Gasteiger partial charge in [0.05, 0.1) is 29.7 Å². The maximum absolute atomic E-state index is 12.4. The number of esters is 1. The molecule has 0 amide bonds. The van der Waals surface area contributed by atoms with Crippen molar-refractivity contribution >= 4 is 22.4 Å². The first-order valence-corrected chi connectivity index (χ1v) is 9.44. The van der Waals surface area contributed by atoms with Crippen molar-refractivity contribution in [1.82, 2.24) is 19.8 Å². The molecule has 148 valence electrons. The van der Waals surface area contributed by atoms with Crippen LogP contribution in [0.4, 0.5) is 0 Å². The van der Waals surface area contributed by atoms with Crippen LogP contribution in [0.3, 0.4) is 0 Å². The van der Waals surface area contributed by atoms with E-state index in [2.05, 4.69) is 33.5 Å². The van der Waals surface area contributed by atoms with Crippen LogP contribution in [0, 0.1) is 6.92 Å². The van der Waals surface area contributed by atoms with Crippen molar-refractivity contribution in [2.45, 2.75) is 33.5 Å². The van der Waals surface area contributed by atoms with Gasteiger partial charge in [0, 0.05) is 7.11 Å². The lowest BCUT2D eigenvalue weighted by molar-refractivity contribution is 0.0367. The van der Waals surface area contributed by atoms with Crippen molar-refractivity contribution in [2.75, 3.05) is 7.11 Å². The molecule has 0 unspecified atom stereocenters. The molecule has 7 nitrogen and oxygen atoms in total. The van der Waals surface area contributed by atoms with Gasteiger partial charge in [-0.25, -0.2) is 9.31 Å².